The van der Waals surface area contributed by atoms with Gasteiger partial charge in [-0.3, -0.25) is 9.59 Å². The lowest BCUT2D eigenvalue weighted by Gasteiger charge is -2.38. The zero-order chi connectivity index (χ0) is 16.0. The van der Waals surface area contributed by atoms with Gasteiger partial charge in [0.15, 0.2) is 0 Å². The number of rotatable bonds is 5. The number of amides is 3. The molecular weight excluding hydrogens is 274 g/mol. The van der Waals surface area contributed by atoms with E-state index in [1.807, 2.05) is 6.92 Å². The van der Waals surface area contributed by atoms with Crippen molar-refractivity contribution < 1.29 is 19.5 Å². The fourth-order valence-corrected chi connectivity index (χ4v) is 2.47. The Morgan fingerprint density at radius 3 is 2.43 bits per heavy atom. The van der Waals surface area contributed by atoms with Crippen LogP contribution in [0.4, 0.5) is 4.79 Å². The Balaban J connectivity index is 2.75. The molecule has 0 radical (unpaired) electrons. The minimum atomic E-state index is -0.896. The highest BCUT2D eigenvalue weighted by atomic mass is 16.4. The van der Waals surface area contributed by atoms with E-state index in [2.05, 4.69) is 0 Å². The maximum absolute atomic E-state index is 12.6. The molecule has 7 nitrogen and oxygen atoms in total. The van der Waals surface area contributed by atoms with Gasteiger partial charge >= 0.3 is 12.0 Å². The number of piperidine rings is 1. The number of aliphatic carboxylic acids is 1. The molecule has 0 saturated carbocycles. The van der Waals surface area contributed by atoms with Crippen LogP contribution in [0, 0.1) is 0 Å². The summed E-state index contributed by atoms with van der Waals surface area (Å²) in [5.74, 6) is -1.04. The van der Waals surface area contributed by atoms with Crippen molar-refractivity contribution in [2.24, 2.45) is 0 Å². The Kier molecular flexibility index (Phi) is 6.45. The number of carbonyl (C=O) groups excluding carboxylic acids is 2. The molecule has 1 aliphatic rings. The monoisotopic (exact) mass is 299 g/mol. The normalized spacial score (nSPS) is 18.2. The molecule has 1 unspecified atom stereocenters. The smallest absolute Gasteiger partial charge is 0.320 e. The quantitative estimate of drug-likeness (QED) is 0.816. The molecule has 7 heteroatoms. The average Bonchev–Trinajstić information content (AvgIpc) is 2.43. The van der Waals surface area contributed by atoms with Crippen molar-refractivity contribution in [2.75, 3.05) is 33.7 Å². The predicted molar refractivity (Wildman–Crippen MR) is 77.9 cm³/mol. The molecule has 0 spiro atoms. The number of carboxylic acid groups (broad SMARTS) is 1. The number of hydrogen-bond acceptors (Lipinski definition) is 3. The van der Waals surface area contributed by atoms with Gasteiger partial charge in [0, 0.05) is 33.2 Å². The van der Waals surface area contributed by atoms with Crippen LogP contribution in [0.3, 0.4) is 0 Å². The van der Waals surface area contributed by atoms with Crippen molar-refractivity contribution in [1.29, 1.82) is 0 Å². The maximum atomic E-state index is 12.6. The van der Waals surface area contributed by atoms with Gasteiger partial charge in [-0.1, -0.05) is 0 Å². The number of carbonyl (C=O) groups is 3. The van der Waals surface area contributed by atoms with E-state index in [0.717, 1.165) is 12.8 Å². The van der Waals surface area contributed by atoms with Crippen LogP contribution in [0.5, 0.6) is 0 Å². The zero-order valence-electron chi connectivity index (χ0n) is 13.0. The van der Waals surface area contributed by atoms with E-state index in [1.165, 1.54) is 9.80 Å². The lowest BCUT2D eigenvalue weighted by molar-refractivity contribution is -0.138. The fourth-order valence-electron chi connectivity index (χ4n) is 2.47. The third-order valence-electron chi connectivity index (χ3n) is 3.76. The van der Waals surface area contributed by atoms with E-state index in [-0.39, 0.29) is 30.9 Å². The number of hydrogen-bond donors (Lipinski definition) is 1. The van der Waals surface area contributed by atoms with E-state index >= 15 is 0 Å². The summed E-state index contributed by atoms with van der Waals surface area (Å²) in [6, 6.07) is -0.508. The van der Waals surface area contributed by atoms with Crippen LogP contribution in [-0.2, 0) is 9.59 Å². The second kappa shape index (κ2) is 7.85. The summed E-state index contributed by atoms with van der Waals surface area (Å²) >= 11 is 0. The first-order chi connectivity index (χ1) is 9.86. The molecule has 0 aromatic rings. The van der Waals surface area contributed by atoms with Crippen molar-refractivity contribution in [3.05, 3.63) is 0 Å². The lowest BCUT2D eigenvalue weighted by Crippen LogP contribution is -2.52. The van der Waals surface area contributed by atoms with Crippen LogP contribution < -0.4 is 0 Å². The maximum Gasteiger partial charge on any atom is 0.320 e. The summed E-state index contributed by atoms with van der Waals surface area (Å²) in [4.78, 5) is 39.8. The van der Waals surface area contributed by atoms with Gasteiger partial charge in [0.05, 0.1) is 6.42 Å². The molecule has 0 bridgehead atoms. The Morgan fingerprint density at radius 1 is 1.24 bits per heavy atom. The predicted octanol–water partition coefficient (Wildman–Crippen LogP) is 0.846. The van der Waals surface area contributed by atoms with E-state index in [1.54, 1.807) is 19.0 Å². The summed E-state index contributed by atoms with van der Waals surface area (Å²) < 4.78 is 0. The van der Waals surface area contributed by atoms with E-state index in [4.69, 9.17) is 5.11 Å². The number of urea groups is 1. The van der Waals surface area contributed by atoms with Crippen LogP contribution >= 0.6 is 0 Å². The molecular formula is C14H25N3O4. The largest absolute Gasteiger partial charge is 0.481 e. The number of likely N-dealkylation sites (N-methyl/N-ethyl adjacent to an activating group) is 2. The van der Waals surface area contributed by atoms with E-state index in [0.29, 0.717) is 19.5 Å². The minimum Gasteiger partial charge on any atom is -0.481 e. The van der Waals surface area contributed by atoms with Crippen molar-refractivity contribution in [2.45, 2.75) is 38.6 Å². The molecule has 1 saturated heterocycles. The molecule has 0 aromatic carbocycles. The molecule has 120 valence electrons. The average molecular weight is 299 g/mol. The van der Waals surface area contributed by atoms with Crippen LogP contribution in [0.25, 0.3) is 0 Å². The number of carboxylic acids is 1. The highest BCUT2D eigenvalue weighted by Gasteiger charge is 2.31. The molecule has 0 aromatic heterocycles. The summed E-state index contributed by atoms with van der Waals surface area (Å²) in [7, 11) is 3.30. The van der Waals surface area contributed by atoms with Gasteiger partial charge in [0.2, 0.25) is 5.91 Å². The molecule has 1 rings (SSSR count). The molecule has 3 amide bonds. The molecule has 1 aliphatic heterocycles. The summed E-state index contributed by atoms with van der Waals surface area (Å²) in [5, 5.41) is 8.97. The molecule has 0 aliphatic carbocycles. The standard InChI is InChI=1S/C14H25N3O4/c1-4-16(10-12(18)15(2)3)14(21)17-8-6-5-7-11(17)9-13(19)20/h11H,4-10H2,1-3H3,(H,19,20). The third kappa shape index (κ3) is 4.91. The van der Waals surface area contributed by atoms with Gasteiger partial charge in [-0.2, -0.15) is 0 Å². The van der Waals surface area contributed by atoms with E-state index < -0.39 is 5.97 Å². The van der Waals surface area contributed by atoms with Crippen molar-refractivity contribution in [1.82, 2.24) is 14.7 Å². The highest BCUT2D eigenvalue weighted by molar-refractivity contribution is 5.84. The number of nitrogens with zero attached hydrogens (tertiary/aromatic N) is 3. The van der Waals surface area contributed by atoms with E-state index in [9.17, 15) is 14.4 Å². The second-order valence-corrected chi connectivity index (χ2v) is 5.53. The van der Waals surface area contributed by atoms with Crippen LogP contribution in [0.15, 0.2) is 0 Å². The van der Waals surface area contributed by atoms with Crippen LogP contribution in [0.2, 0.25) is 0 Å². The van der Waals surface area contributed by atoms with Crippen LogP contribution in [0.1, 0.15) is 32.6 Å². The Labute approximate surface area is 125 Å². The summed E-state index contributed by atoms with van der Waals surface area (Å²) in [6.07, 6.45) is 2.48. The number of likely N-dealkylation sites (tertiary alicyclic amines) is 1. The summed E-state index contributed by atoms with van der Waals surface area (Å²) in [6.45, 7) is 2.83. The van der Waals surface area contributed by atoms with Gasteiger partial charge in [-0.15, -0.1) is 0 Å². The van der Waals surface area contributed by atoms with Gasteiger partial charge in [0.25, 0.3) is 0 Å². The van der Waals surface area contributed by atoms with Gasteiger partial charge < -0.3 is 19.8 Å². The zero-order valence-corrected chi connectivity index (χ0v) is 13.0. The fraction of sp³-hybridized carbons (Fsp3) is 0.786. The van der Waals surface area contributed by atoms with Gasteiger partial charge in [-0.25, -0.2) is 4.79 Å². The second-order valence-electron chi connectivity index (χ2n) is 5.53. The Morgan fingerprint density at radius 2 is 1.90 bits per heavy atom. The summed E-state index contributed by atoms with van der Waals surface area (Å²) in [5.41, 5.74) is 0. The minimum absolute atomic E-state index is 0.0264. The lowest BCUT2D eigenvalue weighted by atomic mass is 10.00. The van der Waals surface area contributed by atoms with Crippen molar-refractivity contribution >= 4 is 17.9 Å². The molecule has 1 fully saturated rings. The third-order valence-corrected chi connectivity index (χ3v) is 3.76. The highest BCUT2D eigenvalue weighted by Crippen LogP contribution is 2.21. The van der Waals surface area contributed by atoms with Crippen molar-refractivity contribution in [3.8, 4) is 0 Å². The SMILES string of the molecule is CCN(CC(=O)N(C)C)C(=O)N1CCCCC1CC(=O)O. The first-order valence-corrected chi connectivity index (χ1v) is 7.34. The topological polar surface area (TPSA) is 81.2 Å². The molecule has 1 atom stereocenters. The van der Waals surface area contributed by atoms with Crippen LogP contribution in [-0.4, -0.2) is 77.5 Å². The molecule has 1 heterocycles. The molecule has 1 N–H and O–H groups in total. The first kappa shape index (κ1) is 17.3. The first-order valence-electron chi connectivity index (χ1n) is 7.34. The van der Waals surface area contributed by atoms with Gasteiger partial charge in [-0.05, 0) is 26.2 Å². The molecule has 21 heavy (non-hydrogen) atoms. The Hall–Kier alpha value is -1.79. The van der Waals surface area contributed by atoms with Gasteiger partial charge in [0.1, 0.15) is 6.54 Å². The Bertz CT molecular complexity index is 398. The van der Waals surface area contributed by atoms with Crippen molar-refractivity contribution in [3.63, 3.8) is 0 Å².